The first-order valence-corrected chi connectivity index (χ1v) is 7.93. The average Bonchev–Trinajstić information content (AvgIpc) is 2.75. The van der Waals surface area contributed by atoms with Crippen molar-refractivity contribution in [1.82, 2.24) is 0 Å². The fraction of sp³-hybridized carbons (Fsp3) is 0.474. The minimum Gasteiger partial charge on any atom is -0.101 e. The van der Waals surface area contributed by atoms with Crippen molar-refractivity contribution in [2.45, 2.75) is 33.1 Å². The van der Waals surface area contributed by atoms with Gasteiger partial charge in [-0.3, -0.25) is 0 Å². The summed E-state index contributed by atoms with van der Waals surface area (Å²) in [4.78, 5) is 0. The monoisotopic (exact) mass is 260 g/mol. The maximum absolute atomic E-state index is 6.00. The van der Waals surface area contributed by atoms with Crippen molar-refractivity contribution in [1.29, 1.82) is 0 Å². The molecule has 0 bridgehead atoms. The molecule has 4 aliphatic rings. The van der Waals surface area contributed by atoms with Gasteiger partial charge >= 0.3 is 0 Å². The Labute approximate surface area is 123 Å². The van der Waals surface area contributed by atoms with E-state index in [-0.39, 0.29) is 0 Å². The summed E-state index contributed by atoms with van der Waals surface area (Å²) in [7, 11) is 6.00. The summed E-state index contributed by atoms with van der Waals surface area (Å²) < 4.78 is 0. The summed E-state index contributed by atoms with van der Waals surface area (Å²) in [5.74, 6) is 2.78. The van der Waals surface area contributed by atoms with Crippen LogP contribution < -0.4 is 0 Å². The van der Waals surface area contributed by atoms with Crippen LogP contribution in [-0.4, -0.2) is 7.85 Å². The second kappa shape index (κ2) is 4.38. The number of allylic oxidation sites excluding steroid dienone is 10. The molecule has 4 aliphatic carbocycles. The van der Waals surface area contributed by atoms with Gasteiger partial charge in [-0.15, -0.1) is 5.47 Å². The molecule has 0 nitrogen and oxygen atoms in total. The molecule has 0 saturated heterocycles. The van der Waals surface area contributed by atoms with Gasteiger partial charge in [-0.25, -0.2) is 0 Å². The van der Waals surface area contributed by atoms with Gasteiger partial charge in [-0.1, -0.05) is 49.8 Å². The normalized spacial score (nSPS) is 38.6. The molecule has 4 unspecified atom stereocenters. The molecule has 1 fully saturated rings. The second-order valence-electron chi connectivity index (χ2n) is 6.95. The summed E-state index contributed by atoms with van der Waals surface area (Å²) in [6.45, 7) is 4.81. The van der Waals surface area contributed by atoms with Crippen LogP contribution in [0.4, 0.5) is 0 Å². The standard InChI is InChI=1S/C19H21B/c1-11-4-3-5-17-18(11)12(2)8-14-9-13-10-15(20)6-7-16(13)19(14)17/h3,5-6,8,10-12,16,18H,4,7,9H2,1-2H3. The molecule has 0 heterocycles. The molecule has 0 aromatic rings. The van der Waals surface area contributed by atoms with Crippen molar-refractivity contribution >= 4 is 7.85 Å². The average molecular weight is 260 g/mol. The van der Waals surface area contributed by atoms with Crippen LogP contribution in [0.2, 0.25) is 0 Å². The van der Waals surface area contributed by atoms with Crippen LogP contribution in [0.3, 0.4) is 0 Å². The van der Waals surface area contributed by atoms with Crippen LogP contribution >= 0.6 is 0 Å². The molecule has 0 spiro atoms. The van der Waals surface area contributed by atoms with E-state index in [9.17, 15) is 0 Å². The summed E-state index contributed by atoms with van der Waals surface area (Å²) in [6, 6.07) is 0. The molecule has 0 aliphatic heterocycles. The van der Waals surface area contributed by atoms with E-state index in [1.54, 1.807) is 22.3 Å². The summed E-state index contributed by atoms with van der Waals surface area (Å²) in [5.41, 5.74) is 7.36. The second-order valence-corrected chi connectivity index (χ2v) is 6.95. The highest BCUT2D eigenvalue weighted by molar-refractivity contribution is 6.23. The number of hydrogen-bond acceptors (Lipinski definition) is 0. The van der Waals surface area contributed by atoms with Gasteiger partial charge in [0.2, 0.25) is 0 Å². The van der Waals surface area contributed by atoms with E-state index in [4.69, 9.17) is 7.85 Å². The van der Waals surface area contributed by atoms with Gasteiger partial charge in [0, 0.05) is 5.92 Å². The van der Waals surface area contributed by atoms with E-state index < -0.39 is 0 Å². The van der Waals surface area contributed by atoms with Crippen molar-refractivity contribution < 1.29 is 0 Å². The highest BCUT2D eigenvalue weighted by Crippen LogP contribution is 2.53. The molecule has 2 radical (unpaired) electrons. The summed E-state index contributed by atoms with van der Waals surface area (Å²) >= 11 is 0. The Morgan fingerprint density at radius 3 is 2.90 bits per heavy atom. The molecule has 0 amide bonds. The molecular formula is C19H21B. The van der Waals surface area contributed by atoms with Crippen molar-refractivity contribution in [2.75, 3.05) is 0 Å². The van der Waals surface area contributed by atoms with Gasteiger partial charge in [-0.2, -0.15) is 0 Å². The van der Waals surface area contributed by atoms with E-state index in [1.165, 1.54) is 6.42 Å². The van der Waals surface area contributed by atoms with Crippen molar-refractivity contribution in [3.8, 4) is 0 Å². The predicted molar refractivity (Wildman–Crippen MR) is 85.3 cm³/mol. The van der Waals surface area contributed by atoms with E-state index in [1.807, 2.05) is 0 Å². The Morgan fingerprint density at radius 2 is 2.05 bits per heavy atom. The van der Waals surface area contributed by atoms with Crippen LogP contribution in [0.25, 0.3) is 0 Å². The van der Waals surface area contributed by atoms with Gasteiger partial charge in [0.1, 0.15) is 7.85 Å². The number of fused-ring (bicyclic) bond motifs is 4. The summed E-state index contributed by atoms with van der Waals surface area (Å²) in [5, 5.41) is 0. The smallest absolute Gasteiger partial charge is 0.101 e. The molecule has 0 aromatic heterocycles. The van der Waals surface area contributed by atoms with Crippen molar-refractivity contribution in [3.05, 3.63) is 58.1 Å². The SMILES string of the molecule is [B]C1=CCC2C(=C1)CC1=CC(C)C3C(=C12)C=CCC3C. The van der Waals surface area contributed by atoms with Crippen LogP contribution in [0.1, 0.15) is 33.1 Å². The molecule has 4 atom stereocenters. The fourth-order valence-corrected chi connectivity index (χ4v) is 4.80. The van der Waals surface area contributed by atoms with Gasteiger partial charge in [-0.05, 0) is 53.7 Å². The maximum atomic E-state index is 6.00. The van der Waals surface area contributed by atoms with Crippen molar-refractivity contribution in [2.24, 2.45) is 23.7 Å². The highest BCUT2D eigenvalue weighted by atomic mass is 14.4. The third-order valence-corrected chi connectivity index (χ3v) is 5.60. The third-order valence-electron chi connectivity index (χ3n) is 5.60. The molecule has 100 valence electrons. The van der Waals surface area contributed by atoms with E-state index in [2.05, 4.69) is 44.2 Å². The predicted octanol–water partition coefficient (Wildman–Crippen LogP) is 4.47. The molecule has 20 heavy (non-hydrogen) atoms. The van der Waals surface area contributed by atoms with Gasteiger partial charge in [0.25, 0.3) is 0 Å². The van der Waals surface area contributed by atoms with Gasteiger partial charge in [0.15, 0.2) is 0 Å². The zero-order valence-corrected chi connectivity index (χ0v) is 12.4. The first-order chi connectivity index (χ1) is 9.65. The number of hydrogen-bond donors (Lipinski definition) is 0. The van der Waals surface area contributed by atoms with Gasteiger partial charge < -0.3 is 0 Å². The highest BCUT2D eigenvalue weighted by Gasteiger charge is 2.40. The van der Waals surface area contributed by atoms with Gasteiger partial charge in [0.05, 0.1) is 0 Å². The van der Waals surface area contributed by atoms with E-state index >= 15 is 0 Å². The van der Waals surface area contributed by atoms with Crippen molar-refractivity contribution in [3.63, 3.8) is 0 Å². The zero-order valence-electron chi connectivity index (χ0n) is 12.4. The Kier molecular flexibility index (Phi) is 2.74. The molecule has 1 saturated carbocycles. The Balaban J connectivity index is 1.86. The Hall–Kier alpha value is -1.24. The Morgan fingerprint density at radius 1 is 1.20 bits per heavy atom. The Bertz CT molecular complexity index is 612. The quantitative estimate of drug-likeness (QED) is 0.563. The molecule has 0 aromatic carbocycles. The minimum absolute atomic E-state index is 0.605. The van der Waals surface area contributed by atoms with Crippen LogP contribution in [0, 0.1) is 23.7 Å². The van der Waals surface area contributed by atoms with Crippen LogP contribution in [0.5, 0.6) is 0 Å². The fourth-order valence-electron chi connectivity index (χ4n) is 4.80. The summed E-state index contributed by atoms with van der Waals surface area (Å²) in [6.07, 6.45) is 15.2. The van der Waals surface area contributed by atoms with Crippen LogP contribution in [-0.2, 0) is 0 Å². The lowest BCUT2D eigenvalue weighted by Crippen LogP contribution is -2.27. The maximum Gasteiger partial charge on any atom is 0.113 e. The largest absolute Gasteiger partial charge is 0.113 e. The third kappa shape index (κ3) is 1.68. The lowest BCUT2D eigenvalue weighted by molar-refractivity contribution is 0.331. The molecule has 1 heteroatoms. The van der Waals surface area contributed by atoms with E-state index in [0.29, 0.717) is 11.8 Å². The molecule has 0 N–H and O–H groups in total. The van der Waals surface area contributed by atoms with Crippen LogP contribution in [0.15, 0.2) is 58.1 Å². The van der Waals surface area contributed by atoms with E-state index in [0.717, 1.165) is 30.1 Å². The zero-order chi connectivity index (χ0) is 13.9. The topological polar surface area (TPSA) is 0 Å². The lowest BCUT2D eigenvalue weighted by atomic mass is 9.67. The molecular weight excluding hydrogens is 239 g/mol. The first-order valence-electron chi connectivity index (χ1n) is 7.93. The molecule has 4 rings (SSSR count). The minimum atomic E-state index is 0.605. The lowest BCUT2D eigenvalue weighted by Gasteiger charge is -2.37. The number of rotatable bonds is 0. The first kappa shape index (κ1) is 12.5.